The number of ether oxygens (including phenoxy) is 1. The quantitative estimate of drug-likeness (QED) is 0.892. The average molecular weight is 316 g/mol. The molecule has 3 rings (SSSR count). The molecular formula is C16H20N4O3. The molecule has 7 nitrogen and oxygen atoms in total. The molecule has 1 aliphatic heterocycles. The van der Waals surface area contributed by atoms with E-state index in [0.717, 1.165) is 11.3 Å². The number of amides is 1. The van der Waals surface area contributed by atoms with Gasteiger partial charge in [-0.15, -0.1) is 0 Å². The molecule has 7 heteroatoms. The fraction of sp³-hybridized carbons (Fsp3) is 0.438. The number of carbonyl (C=O) groups is 1. The molecule has 1 amide bonds. The predicted molar refractivity (Wildman–Crippen MR) is 82.9 cm³/mol. The van der Waals surface area contributed by atoms with Crippen molar-refractivity contribution >= 4 is 5.91 Å². The van der Waals surface area contributed by atoms with Crippen LogP contribution in [0.2, 0.25) is 0 Å². The molecule has 2 heterocycles. The highest BCUT2D eigenvalue weighted by atomic mass is 16.5. The third kappa shape index (κ3) is 3.19. The first kappa shape index (κ1) is 15.5. The summed E-state index contributed by atoms with van der Waals surface area (Å²) in [7, 11) is 0. The molecule has 0 bridgehead atoms. The number of carbonyl (C=O) groups excluding carboxylic acids is 1. The molecule has 1 aromatic carbocycles. The smallest absolute Gasteiger partial charge is 0.248 e. The van der Waals surface area contributed by atoms with Gasteiger partial charge in [0.25, 0.3) is 0 Å². The van der Waals surface area contributed by atoms with E-state index in [1.54, 1.807) is 0 Å². The number of nitrogens with one attached hydrogen (secondary N) is 2. The minimum absolute atomic E-state index is 0.146. The summed E-state index contributed by atoms with van der Waals surface area (Å²) in [5.74, 6) is 1.56. The van der Waals surface area contributed by atoms with Gasteiger partial charge in [-0.25, -0.2) is 0 Å². The fourth-order valence-electron chi connectivity index (χ4n) is 2.65. The first-order chi connectivity index (χ1) is 11.0. The summed E-state index contributed by atoms with van der Waals surface area (Å²) in [6, 6.07) is 7.54. The van der Waals surface area contributed by atoms with Crippen LogP contribution in [0.15, 0.2) is 28.8 Å². The van der Waals surface area contributed by atoms with Crippen molar-refractivity contribution in [1.29, 1.82) is 0 Å². The van der Waals surface area contributed by atoms with Crippen LogP contribution in [0.1, 0.15) is 44.1 Å². The first-order valence-electron chi connectivity index (χ1n) is 7.55. The van der Waals surface area contributed by atoms with Gasteiger partial charge in [-0.05, 0) is 19.9 Å². The van der Waals surface area contributed by atoms with Gasteiger partial charge in [0, 0.05) is 19.0 Å². The highest BCUT2D eigenvalue weighted by Crippen LogP contribution is 2.31. The zero-order chi connectivity index (χ0) is 16.4. The maximum absolute atomic E-state index is 11.3. The number of aromatic nitrogens is 2. The van der Waals surface area contributed by atoms with E-state index in [1.165, 1.54) is 6.92 Å². The van der Waals surface area contributed by atoms with Gasteiger partial charge in [-0.3, -0.25) is 10.1 Å². The van der Waals surface area contributed by atoms with Crippen molar-refractivity contribution < 1.29 is 14.1 Å². The van der Waals surface area contributed by atoms with Crippen LogP contribution in [0.4, 0.5) is 0 Å². The Morgan fingerprint density at radius 3 is 2.96 bits per heavy atom. The van der Waals surface area contributed by atoms with Crippen molar-refractivity contribution in [3.05, 3.63) is 41.5 Å². The van der Waals surface area contributed by atoms with Gasteiger partial charge in [0.05, 0.1) is 5.54 Å². The Labute approximate surface area is 134 Å². The third-order valence-electron chi connectivity index (χ3n) is 3.67. The van der Waals surface area contributed by atoms with Crippen molar-refractivity contribution in [2.75, 3.05) is 13.2 Å². The molecule has 1 unspecified atom stereocenters. The minimum atomic E-state index is -0.700. The highest BCUT2D eigenvalue weighted by molar-refractivity contribution is 5.73. The molecule has 122 valence electrons. The lowest BCUT2D eigenvalue weighted by Gasteiger charge is -2.21. The number of para-hydroxylation sites is 1. The van der Waals surface area contributed by atoms with Crippen LogP contribution in [0.25, 0.3) is 0 Å². The van der Waals surface area contributed by atoms with E-state index in [1.807, 2.05) is 38.1 Å². The topological polar surface area (TPSA) is 89.3 Å². The van der Waals surface area contributed by atoms with E-state index in [4.69, 9.17) is 9.26 Å². The van der Waals surface area contributed by atoms with Crippen molar-refractivity contribution in [3.8, 4) is 5.75 Å². The predicted octanol–water partition coefficient (Wildman–Crippen LogP) is 1.51. The number of fused-ring (bicyclic) bond motifs is 1. The van der Waals surface area contributed by atoms with Gasteiger partial charge in [0.2, 0.25) is 11.8 Å². The number of hydrogen-bond donors (Lipinski definition) is 2. The first-order valence-corrected chi connectivity index (χ1v) is 7.55. The molecule has 1 aliphatic rings. The molecule has 0 aliphatic carbocycles. The molecule has 23 heavy (non-hydrogen) atoms. The number of hydrogen-bond acceptors (Lipinski definition) is 6. The lowest BCUT2D eigenvalue weighted by molar-refractivity contribution is -0.120. The normalized spacial score (nSPS) is 17.8. The van der Waals surface area contributed by atoms with Gasteiger partial charge in [0.1, 0.15) is 18.4 Å². The fourth-order valence-corrected chi connectivity index (χ4v) is 2.65. The maximum Gasteiger partial charge on any atom is 0.248 e. The van der Waals surface area contributed by atoms with Crippen LogP contribution in [0, 0.1) is 0 Å². The zero-order valence-corrected chi connectivity index (χ0v) is 13.4. The molecule has 0 saturated heterocycles. The Bertz CT molecular complexity index is 711. The SMILES string of the molecule is CC(=O)NC(C)(C)c1noc(C2NCCOc3ccccc32)n1. The van der Waals surface area contributed by atoms with E-state index < -0.39 is 5.54 Å². The summed E-state index contributed by atoms with van der Waals surface area (Å²) >= 11 is 0. The highest BCUT2D eigenvalue weighted by Gasteiger charge is 2.31. The second-order valence-electron chi connectivity index (χ2n) is 6.04. The molecule has 0 fully saturated rings. The van der Waals surface area contributed by atoms with Crippen molar-refractivity contribution in [3.63, 3.8) is 0 Å². The van der Waals surface area contributed by atoms with Gasteiger partial charge in [0.15, 0.2) is 5.82 Å². The maximum atomic E-state index is 11.3. The minimum Gasteiger partial charge on any atom is -0.492 e. The molecule has 0 radical (unpaired) electrons. The largest absolute Gasteiger partial charge is 0.492 e. The Hall–Kier alpha value is -2.41. The summed E-state index contributed by atoms with van der Waals surface area (Å²) < 4.78 is 11.2. The van der Waals surface area contributed by atoms with Crippen molar-refractivity contribution in [1.82, 2.24) is 20.8 Å². The van der Waals surface area contributed by atoms with Gasteiger partial charge in [-0.2, -0.15) is 4.98 Å². The van der Waals surface area contributed by atoms with E-state index in [0.29, 0.717) is 24.9 Å². The molecular weight excluding hydrogens is 296 g/mol. The molecule has 2 N–H and O–H groups in total. The Morgan fingerprint density at radius 2 is 2.17 bits per heavy atom. The van der Waals surface area contributed by atoms with Crippen LogP contribution < -0.4 is 15.4 Å². The lowest BCUT2D eigenvalue weighted by atomic mass is 10.0. The van der Waals surface area contributed by atoms with Crippen molar-refractivity contribution in [2.24, 2.45) is 0 Å². The van der Waals surface area contributed by atoms with Crippen LogP contribution in [0.3, 0.4) is 0 Å². The van der Waals surface area contributed by atoms with Crippen molar-refractivity contribution in [2.45, 2.75) is 32.4 Å². The third-order valence-corrected chi connectivity index (χ3v) is 3.67. The summed E-state index contributed by atoms with van der Waals surface area (Å²) in [6.45, 7) is 6.38. The Kier molecular flexibility index (Phi) is 4.04. The standard InChI is InChI=1S/C16H20N4O3/c1-10(21)19-16(2,3)15-18-14(23-20-15)13-11-6-4-5-7-12(11)22-9-8-17-13/h4-7,13,17H,8-9H2,1-3H3,(H,19,21). The lowest BCUT2D eigenvalue weighted by Crippen LogP contribution is -2.40. The van der Waals surface area contributed by atoms with E-state index in [-0.39, 0.29) is 11.9 Å². The summed E-state index contributed by atoms with van der Waals surface area (Å²) in [4.78, 5) is 15.8. The second kappa shape index (κ2) is 6.00. The van der Waals surface area contributed by atoms with E-state index >= 15 is 0 Å². The average Bonchev–Trinajstić information content (AvgIpc) is 2.88. The van der Waals surface area contributed by atoms with E-state index in [9.17, 15) is 4.79 Å². The van der Waals surface area contributed by atoms with Gasteiger partial charge in [-0.1, -0.05) is 23.4 Å². The Morgan fingerprint density at radius 1 is 1.39 bits per heavy atom. The summed E-state index contributed by atoms with van der Waals surface area (Å²) in [6.07, 6.45) is 0. The monoisotopic (exact) mass is 316 g/mol. The van der Waals surface area contributed by atoms with Crippen LogP contribution in [0.5, 0.6) is 5.75 Å². The van der Waals surface area contributed by atoms with Crippen LogP contribution >= 0.6 is 0 Å². The molecule has 0 spiro atoms. The van der Waals surface area contributed by atoms with E-state index in [2.05, 4.69) is 20.8 Å². The van der Waals surface area contributed by atoms with Crippen LogP contribution in [-0.4, -0.2) is 29.2 Å². The molecule has 1 aromatic heterocycles. The molecule has 0 saturated carbocycles. The zero-order valence-electron chi connectivity index (χ0n) is 13.4. The van der Waals surface area contributed by atoms with Crippen LogP contribution in [-0.2, 0) is 10.3 Å². The number of nitrogens with zero attached hydrogens (tertiary/aromatic N) is 2. The summed E-state index contributed by atoms with van der Waals surface area (Å²) in [5, 5.41) is 10.2. The second-order valence-corrected chi connectivity index (χ2v) is 6.04. The molecule has 1 atom stereocenters. The Balaban J connectivity index is 1.93. The van der Waals surface area contributed by atoms with Gasteiger partial charge >= 0.3 is 0 Å². The number of rotatable bonds is 3. The molecule has 2 aromatic rings. The van der Waals surface area contributed by atoms with Gasteiger partial charge < -0.3 is 14.6 Å². The number of benzene rings is 1. The summed E-state index contributed by atoms with van der Waals surface area (Å²) in [5.41, 5.74) is 0.256.